The zero-order valence-corrected chi connectivity index (χ0v) is 12.5. The summed E-state index contributed by atoms with van der Waals surface area (Å²) in [5.41, 5.74) is 0.965. The van der Waals surface area contributed by atoms with Crippen LogP contribution < -0.4 is 5.32 Å². The Hall–Kier alpha value is -1.53. The minimum absolute atomic E-state index is 0.123. The van der Waals surface area contributed by atoms with Crippen LogP contribution in [0.25, 0.3) is 0 Å². The molecule has 0 aliphatic carbocycles. The summed E-state index contributed by atoms with van der Waals surface area (Å²) in [6.45, 7) is 6.54. The van der Waals surface area contributed by atoms with E-state index in [1.165, 1.54) is 0 Å². The van der Waals surface area contributed by atoms with Gasteiger partial charge in [-0.3, -0.25) is 9.59 Å². The maximum atomic E-state index is 12.1. The summed E-state index contributed by atoms with van der Waals surface area (Å²) in [7, 11) is 0. The molecule has 0 saturated carbocycles. The molecule has 0 atom stereocenters. The van der Waals surface area contributed by atoms with Gasteiger partial charge in [0.2, 0.25) is 5.91 Å². The quantitative estimate of drug-likeness (QED) is 0.813. The highest BCUT2D eigenvalue weighted by Crippen LogP contribution is 2.18. The van der Waals surface area contributed by atoms with Gasteiger partial charge in [-0.2, -0.15) is 13.2 Å². The summed E-state index contributed by atoms with van der Waals surface area (Å²) in [4.78, 5) is 24.4. The molecule has 0 spiro atoms. The molecule has 120 valence electrons. The minimum Gasteiger partial charge on any atom is -0.345 e. The highest BCUT2D eigenvalue weighted by Gasteiger charge is 2.40. The number of carbonyl (C=O) groups is 2. The van der Waals surface area contributed by atoms with Crippen LogP contribution >= 0.6 is 0 Å². The van der Waals surface area contributed by atoms with Crippen LogP contribution in [0.2, 0.25) is 0 Å². The molecule has 0 radical (unpaired) electrons. The van der Waals surface area contributed by atoms with Gasteiger partial charge in [-0.1, -0.05) is 19.4 Å². The number of carbonyl (C=O) groups excluding carboxylic acids is 2. The first-order valence-corrected chi connectivity index (χ1v) is 6.96. The van der Waals surface area contributed by atoms with Gasteiger partial charge >= 0.3 is 12.1 Å². The fourth-order valence-electron chi connectivity index (χ4n) is 1.96. The van der Waals surface area contributed by atoms with Crippen LogP contribution in [0.4, 0.5) is 13.2 Å². The van der Waals surface area contributed by atoms with Crippen molar-refractivity contribution >= 4 is 11.8 Å². The summed E-state index contributed by atoms with van der Waals surface area (Å²) < 4.78 is 36.4. The lowest BCUT2D eigenvalue weighted by Gasteiger charge is -2.32. The number of hydrogen-bond donors (Lipinski definition) is 1. The van der Waals surface area contributed by atoms with Crippen molar-refractivity contribution in [1.29, 1.82) is 0 Å². The molecule has 0 aromatic heterocycles. The number of alkyl halides is 3. The number of rotatable bonds is 3. The standard InChI is InChI=1S/C14H21F3N2O2/c1-9(2)10(3)8-12(20)19-6-4-11(5-7-19)18-13(21)14(15,16)17/h8-9,11H,4-7H2,1-3H3,(H,18,21)/b10-8+. The van der Waals surface area contributed by atoms with Gasteiger partial charge in [-0.05, 0) is 25.7 Å². The highest BCUT2D eigenvalue weighted by molar-refractivity contribution is 5.88. The summed E-state index contributed by atoms with van der Waals surface area (Å²) in [5.74, 6) is -1.76. The third kappa shape index (κ3) is 5.40. The molecular weight excluding hydrogens is 285 g/mol. The Morgan fingerprint density at radius 2 is 1.76 bits per heavy atom. The van der Waals surface area contributed by atoms with Crippen LogP contribution in [0, 0.1) is 5.92 Å². The first-order chi connectivity index (χ1) is 9.61. The minimum atomic E-state index is -4.86. The smallest absolute Gasteiger partial charge is 0.345 e. The number of amides is 2. The molecule has 1 aliphatic rings. The summed E-state index contributed by atoms with van der Waals surface area (Å²) >= 11 is 0. The Kier molecular flexibility index (Phi) is 5.80. The Balaban J connectivity index is 2.47. The topological polar surface area (TPSA) is 49.4 Å². The largest absolute Gasteiger partial charge is 0.471 e. The van der Waals surface area contributed by atoms with Crippen molar-refractivity contribution in [2.24, 2.45) is 5.92 Å². The third-order valence-electron chi connectivity index (χ3n) is 3.66. The summed E-state index contributed by atoms with van der Waals surface area (Å²) in [5, 5.41) is 1.96. The van der Waals surface area contributed by atoms with Crippen molar-refractivity contribution < 1.29 is 22.8 Å². The normalized spacial score (nSPS) is 18.0. The Bertz CT molecular complexity index is 422. The summed E-state index contributed by atoms with van der Waals surface area (Å²) in [6.07, 6.45) is -2.62. The molecule has 21 heavy (non-hydrogen) atoms. The van der Waals surface area contributed by atoms with Gasteiger partial charge in [0.1, 0.15) is 0 Å². The zero-order valence-electron chi connectivity index (χ0n) is 12.5. The molecule has 1 heterocycles. The van der Waals surface area contributed by atoms with Gasteiger partial charge in [0.25, 0.3) is 0 Å². The van der Waals surface area contributed by atoms with Gasteiger partial charge < -0.3 is 10.2 Å². The molecule has 1 fully saturated rings. The van der Waals surface area contributed by atoms with Crippen molar-refractivity contribution in [3.05, 3.63) is 11.6 Å². The Labute approximate surface area is 122 Å². The number of piperidine rings is 1. The van der Waals surface area contributed by atoms with Crippen LogP contribution in [0.1, 0.15) is 33.6 Å². The van der Waals surface area contributed by atoms with Crippen molar-refractivity contribution in [3.8, 4) is 0 Å². The number of halogens is 3. The van der Waals surface area contributed by atoms with Gasteiger partial charge in [-0.15, -0.1) is 0 Å². The van der Waals surface area contributed by atoms with E-state index in [9.17, 15) is 22.8 Å². The lowest BCUT2D eigenvalue weighted by Crippen LogP contribution is -2.49. The van der Waals surface area contributed by atoms with E-state index < -0.39 is 18.1 Å². The molecule has 0 aromatic rings. The average Bonchev–Trinajstić information content (AvgIpc) is 2.38. The van der Waals surface area contributed by atoms with E-state index in [2.05, 4.69) is 0 Å². The van der Waals surface area contributed by atoms with E-state index in [4.69, 9.17) is 0 Å². The summed E-state index contributed by atoms with van der Waals surface area (Å²) in [6, 6.07) is -0.529. The van der Waals surface area contributed by atoms with Gasteiger partial charge in [0.15, 0.2) is 0 Å². The van der Waals surface area contributed by atoms with E-state index >= 15 is 0 Å². The Morgan fingerprint density at radius 3 is 2.19 bits per heavy atom. The number of hydrogen-bond acceptors (Lipinski definition) is 2. The van der Waals surface area contributed by atoms with Crippen molar-refractivity contribution in [1.82, 2.24) is 10.2 Å². The van der Waals surface area contributed by atoms with E-state index in [0.29, 0.717) is 25.9 Å². The molecule has 7 heteroatoms. The van der Waals surface area contributed by atoms with E-state index in [1.807, 2.05) is 26.1 Å². The molecule has 0 aromatic carbocycles. The lowest BCUT2D eigenvalue weighted by molar-refractivity contribution is -0.174. The van der Waals surface area contributed by atoms with E-state index in [1.54, 1.807) is 11.0 Å². The zero-order chi connectivity index (χ0) is 16.2. The number of nitrogens with one attached hydrogen (secondary N) is 1. The molecule has 2 amide bonds. The molecule has 0 bridgehead atoms. The molecule has 1 rings (SSSR count). The number of allylic oxidation sites excluding steroid dienone is 1. The van der Waals surface area contributed by atoms with Crippen LogP contribution in [0.3, 0.4) is 0 Å². The molecular formula is C14H21F3N2O2. The molecule has 1 aliphatic heterocycles. The second kappa shape index (κ2) is 6.95. The average molecular weight is 306 g/mol. The van der Waals surface area contributed by atoms with Crippen molar-refractivity contribution in [2.45, 2.75) is 45.8 Å². The van der Waals surface area contributed by atoms with Gasteiger partial charge in [0, 0.05) is 25.2 Å². The van der Waals surface area contributed by atoms with Crippen molar-refractivity contribution in [2.75, 3.05) is 13.1 Å². The van der Waals surface area contributed by atoms with Gasteiger partial charge in [0.05, 0.1) is 0 Å². The second-order valence-electron chi connectivity index (χ2n) is 5.61. The Morgan fingerprint density at radius 1 is 1.24 bits per heavy atom. The highest BCUT2D eigenvalue weighted by atomic mass is 19.4. The first kappa shape index (κ1) is 17.5. The molecule has 1 N–H and O–H groups in total. The van der Waals surface area contributed by atoms with Crippen LogP contribution in [0.5, 0.6) is 0 Å². The first-order valence-electron chi connectivity index (χ1n) is 6.96. The number of nitrogens with zero attached hydrogens (tertiary/aromatic N) is 1. The van der Waals surface area contributed by atoms with Crippen molar-refractivity contribution in [3.63, 3.8) is 0 Å². The van der Waals surface area contributed by atoms with Gasteiger partial charge in [-0.25, -0.2) is 0 Å². The third-order valence-corrected chi connectivity index (χ3v) is 3.66. The predicted molar refractivity (Wildman–Crippen MR) is 72.4 cm³/mol. The number of likely N-dealkylation sites (tertiary alicyclic amines) is 1. The molecule has 0 unspecified atom stereocenters. The fraction of sp³-hybridized carbons (Fsp3) is 0.714. The van der Waals surface area contributed by atoms with E-state index in [-0.39, 0.29) is 11.8 Å². The SMILES string of the molecule is C/C(=C\C(=O)N1CCC(NC(=O)C(F)(F)F)CC1)C(C)C. The van der Waals surface area contributed by atoms with E-state index in [0.717, 1.165) is 5.57 Å². The second-order valence-corrected chi connectivity index (χ2v) is 5.61. The fourth-order valence-corrected chi connectivity index (χ4v) is 1.96. The van der Waals surface area contributed by atoms with Crippen LogP contribution in [-0.2, 0) is 9.59 Å². The molecule has 4 nitrogen and oxygen atoms in total. The van der Waals surface area contributed by atoms with Crippen LogP contribution in [-0.4, -0.2) is 42.0 Å². The monoisotopic (exact) mass is 306 g/mol. The predicted octanol–water partition coefficient (Wildman–Crippen LogP) is 2.26. The molecule has 1 saturated heterocycles. The van der Waals surface area contributed by atoms with Crippen LogP contribution in [0.15, 0.2) is 11.6 Å². The lowest BCUT2D eigenvalue weighted by atomic mass is 10.0. The maximum absolute atomic E-state index is 12.1. The maximum Gasteiger partial charge on any atom is 0.471 e.